The number of alkyl halides is 4. The average molecular weight is 200 g/mol. The van der Waals surface area contributed by atoms with E-state index in [4.69, 9.17) is 5.11 Å². The summed E-state index contributed by atoms with van der Waals surface area (Å²) in [5.41, 5.74) is -4.18. The normalized spacial score (nSPS) is 17.3. The molecule has 0 radical (unpaired) electrons. The molecule has 2 nitrogen and oxygen atoms in total. The minimum atomic E-state index is -5.39. The average Bonchev–Trinajstić information content (AvgIpc) is 1.97. The summed E-state index contributed by atoms with van der Waals surface area (Å²) in [5.74, 6) is -2.52. The second-order valence-corrected chi connectivity index (χ2v) is 2.38. The molecule has 0 aliphatic rings. The number of hydrogen-bond acceptors (Lipinski definition) is 1. The highest BCUT2D eigenvalue weighted by atomic mass is 19.4. The van der Waals surface area contributed by atoms with Crippen LogP contribution in [0.5, 0.6) is 0 Å². The van der Waals surface area contributed by atoms with Crippen molar-refractivity contribution in [3.8, 4) is 0 Å². The summed E-state index contributed by atoms with van der Waals surface area (Å²) in [4.78, 5) is 10.0. The van der Waals surface area contributed by atoms with E-state index in [1.165, 1.54) is 6.92 Å². The second kappa shape index (κ2) is 3.76. The molecule has 0 aromatic carbocycles. The molecule has 76 valence electrons. The van der Waals surface area contributed by atoms with E-state index >= 15 is 0 Å². The molecule has 1 N–H and O–H groups in total. The summed E-state index contributed by atoms with van der Waals surface area (Å²) in [6.07, 6.45) is -4.62. The Hall–Kier alpha value is -1.07. The molecule has 1 atom stereocenters. The first-order chi connectivity index (χ1) is 5.75. The third kappa shape index (κ3) is 2.43. The molecule has 0 heterocycles. The van der Waals surface area contributed by atoms with E-state index in [2.05, 4.69) is 0 Å². The first-order valence-corrected chi connectivity index (χ1v) is 3.36. The maximum absolute atomic E-state index is 12.8. The summed E-state index contributed by atoms with van der Waals surface area (Å²) < 4.78 is 48.5. The largest absolute Gasteiger partial charge is 0.479 e. The number of rotatable bonds is 3. The third-order valence-corrected chi connectivity index (χ3v) is 1.42. The Labute approximate surface area is 71.9 Å². The number of carbonyl (C=O) groups is 1. The molecule has 1 unspecified atom stereocenters. The van der Waals surface area contributed by atoms with Gasteiger partial charge in [-0.1, -0.05) is 12.2 Å². The lowest BCUT2D eigenvalue weighted by Gasteiger charge is -2.21. The molecule has 6 heteroatoms. The standard InChI is InChI=1S/C7H8F4O2/c1-2-3-4-6(8,5(12)13)7(9,10)11/h2-3H,4H2,1H3,(H,12,13). The van der Waals surface area contributed by atoms with E-state index < -0.39 is 24.2 Å². The van der Waals surface area contributed by atoms with Gasteiger partial charge in [-0.15, -0.1) is 0 Å². The highest BCUT2D eigenvalue weighted by Gasteiger charge is 2.61. The predicted molar refractivity (Wildman–Crippen MR) is 37.0 cm³/mol. The second-order valence-electron chi connectivity index (χ2n) is 2.38. The molecule has 0 aliphatic heterocycles. The van der Waals surface area contributed by atoms with Gasteiger partial charge < -0.3 is 5.11 Å². The Morgan fingerprint density at radius 3 is 2.08 bits per heavy atom. The fraction of sp³-hybridized carbons (Fsp3) is 0.571. The summed E-state index contributed by atoms with van der Waals surface area (Å²) in [7, 11) is 0. The van der Waals surface area contributed by atoms with Crippen LogP contribution in [0.2, 0.25) is 0 Å². The van der Waals surface area contributed by atoms with Crippen LogP contribution in [0.25, 0.3) is 0 Å². The van der Waals surface area contributed by atoms with Crippen molar-refractivity contribution in [1.29, 1.82) is 0 Å². The molecule has 0 aromatic rings. The molecule has 0 saturated heterocycles. The van der Waals surface area contributed by atoms with Gasteiger partial charge in [0.1, 0.15) is 0 Å². The van der Waals surface area contributed by atoms with Gasteiger partial charge in [0.25, 0.3) is 0 Å². The molecule has 13 heavy (non-hydrogen) atoms. The Bertz CT molecular complexity index is 221. The Morgan fingerprint density at radius 1 is 1.38 bits per heavy atom. The summed E-state index contributed by atoms with van der Waals surface area (Å²) in [6.45, 7) is 1.37. The van der Waals surface area contributed by atoms with Crippen LogP contribution in [0.15, 0.2) is 12.2 Å². The molecular weight excluding hydrogens is 192 g/mol. The van der Waals surface area contributed by atoms with Gasteiger partial charge in [-0.2, -0.15) is 13.2 Å². The van der Waals surface area contributed by atoms with Crippen LogP contribution >= 0.6 is 0 Å². The number of allylic oxidation sites excluding steroid dienone is 2. The van der Waals surface area contributed by atoms with Crippen molar-refractivity contribution in [2.75, 3.05) is 0 Å². The first kappa shape index (κ1) is 11.9. The van der Waals surface area contributed by atoms with Crippen LogP contribution < -0.4 is 0 Å². The van der Waals surface area contributed by atoms with E-state index in [1.807, 2.05) is 0 Å². The van der Waals surface area contributed by atoms with Crippen molar-refractivity contribution in [3.63, 3.8) is 0 Å². The van der Waals surface area contributed by atoms with E-state index in [-0.39, 0.29) is 0 Å². The van der Waals surface area contributed by atoms with E-state index in [9.17, 15) is 22.4 Å². The molecule has 0 fully saturated rings. The fourth-order valence-electron chi connectivity index (χ4n) is 0.605. The highest BCUT2D eigenvalue weighted by Crippen LogP contribution is 2.37. The van der Waals surface area contributed by atoms with Crippen molar-refractivity contribution in [2.24, 2.45) is 0 Å². The third-order valence-electron chi connectivity index (χ3n) is 1.42. The zero-order chi connectivity index (χ0) is 10.7. The van der Waals surface area contributed by atoms with E-state index in [1.54, 1.807) is 0 Å². The van der Waals surface area contributed by atoms with Crippen LogP contribution in [-0.2, 0) is 4.79 Å². The number of carboxylic acids is 1. The van der Waals surface area contributed by atoms with Crippen molar-refractivity contribution in [2.45, 2.75) is 25.2 Å². The molecule has 0 amide bonds. The van der Waals surface area contributed by atoms with Crippen LogP contribution in [0.1, 0.15) is 13.3 Å². The maximum Gasteiger partial charge on any atom is 0.433 e. The van der Waals surface area contributed by atoms with Gasteiger partial charge in [0.2, 0.25) is 0 Å². The minimum absolute atomic E-state index is 0.821. The molecule has 0 bridgehead atoms. The summed E-state index contributed by atoms with van der Waals surface area (Å²) in [5, 5.41) is 8.07. The van der Waals surface area contributed by atoms with Crippen molar-refractivity contribution < 1.29 is 27.5 Å². The van der Waals surface area contributed by atoms with E-state index in [0.29, 0.717) is 0 Å². The van der Waals surface area contributed by atoms with Crippen LogP contribution in [0.4, 0.5) is 17.6 Å². The Morgan fingerprint density at radius 2 is 1.85 bits per heavy atom. The SMILES string of the molecule is CC=CCC(F)(C(=O)O)C(F)(F)F. The maximum atomic E-state index is 12.8. The summed E-state index contributed by atoms with van der Waals surface area (Å²) in [6, 6.07) is 0. The van der Waals surface area contributed by atoms with E-state index in [0.717, 1.165) is 12.2 Å². The molecule has 0 saturated carbocycles. The lowest BCUT2D eigenvalue weighted by atomic mass is 10.0. The number of aliphatic carboxylic acids is 1. The smallest absolute Gasteiger partial charge is 0.433 e. The molecule has 0 spiro atoms. The molecule has 0 aliphatic carbocycles. The van der Waals surface area contributed by atoms with Gasteiger partial charge >= 0.3 is 17.8 Å². The van der Waals surface area contributed by atoms with Gasteiger partial charge in [-0.05, 0) is 6.92 Å². The monoisotopic (exact) mass is 200 g/mol. The van der Waals surface area contributed by atoms with Crippen molar-refractivity contribution in [3.05, 3.63) is 12.2 Å². The number of halogens is 4. The Balaban J connectivity index is 4.85. The first-order valence-electron chi connectivity index (χ1n) is 3.36. The van der Waals surface area contributed by atoms with Gasteiger partial charge in [-0.3, -0.25) is 0 Å². The minimum Gasteiger partial charge on any atom is -0.479 e. The van der Waals surface area contributed by atoms with Crippen LogP contribution in [0, 0.1) is 0 Å². The topological polar surface area (TPSA) is 37.3 Å². The lowest BCUT2D eigenvalue weighted by molar-refractivity contribution is -0.235. The zero-order valence-corrected chi connectivity index (χ0v) is 6.73. The van der Waals surface area contributed by atoms with Crippen molar-refractivity contribution in [1.82, 2.24) is 0 Å². The molecule has 0 aromatic heterocycles. The quantitative estimate of drug-likeness (QED) is 0.560. The van der Waals surface area contributed by atoms with Gasteiger partial charge in [-0.25, -0.2) is 9.18 Å². The highest BCUT2D eigenvalue weighted by molar-refractivity contribution is 5.78. The fourth-order valence-corrected chi connectivity index (χ4v) is 0.605. The van der Waals surface area contributed by atoms with Gasteiger partial charge in [0.05, 0.1) is 0 Å². The van der Waals surface area contributed by atoms with Gasteiger partial charge in [0, 0.05) is 6.42 Å². The lowest BCUT2D eigenvalue weighted by Crippen LogP contribution is -2.47. The Kier molecular flexibility index (Phi) is 3.45. The van der Waals surface area contributed by atoms with Crippen LogP contribution in [0.3, 0.4) is 0 Å². The zero-order valence-electron chi connectivity index (χ0n) is 6.73. The molecular formula is C7H8F4O2. The number of carboxylic acid groups (broad SMARTS) is 1. The van der Waals surface area contributed by atoms with Gasteiger partial charge in [0.15, 0.2) is 0 Å². The molecule has 0 rings (SSSR count). The van der Waals surface area contributed by atoms with Crippen molar-refractivity contribution >= 4 is 5.97 Å². The number of hydrogen-bond donors (Lipinski definition) is 1. The summed E-state index contributed by atoms with van der Waals surface area (Å²) >= 11 is 0. The predicted octanol–water partition coefficient (Wildman–Crippen LogP) is 2.31. The van der Waals surface area contributed by atoms with Crippen LogP contribution in [-0.4, -0.2) is 22.9 Å².